The third-order valence-electron chi connectivity index (χ3n) is 4.07. The molecule has 0 aliphatic rings. The van der Waals surface area contributed by atoms with Crippen LogP contribution in [0.15, 0.2) is 42.7 Å². The van der Waals surface area contributed by atoms with Gasteiger partial charge in [-0.25, -0.2) is 15.0 Å². The number of hydrogen-bond acceptors (Lipinski definition) is 5. The molecule has 1 aromatic carbocycles. The lowest BCUT2D eigenvalue weighted by atomic mass is 10.1. The van der Waals surface area contributed by atoms with Gasteiger partial charge >= 0.3 is 6.18 Å². The molecule has 0 spiro atoms. The molecular weight excluding hydrogens is 385 g/mol. The Morgan fingerprint density at radius 3 is 2.62 bits per heavy atom. The van der Waals surface area contributed by atoms with Crippen molar-refractivity contribution in [3.05, 3.63) is 65.5 Å². The number of nitrogens with zero attached hydrogens (tertiary/aromatic N) is 4. The zero-order valence-corrected chi connectivity index (χ0v) is 15.8. The minimum absolute atomic E-state index is 0.0458. The van der Waals surface area contributed by atoms with Crippen LogP contribution >= 0.6 is 0 Å². The summed E-state index contributed by atoms with van der Waals surface area (Å²) in [6.07, 6.45) is -1.03. The van der Waals surface area contributed by atoms with Gasteiger partial charge in [0.25, 0.3) is 5.91 Å². The summed E-state index contributed by atoms with van der Waals surface area (Å²) in [6, 6.07) is 6.05. The number of imidazole rings is 1. The number of carbonyl (C=O) groups excluding carboxylic acids is 1. The number of benzene rings is 1. The predicted octanol–water partition coefficient (Wildman–Crippen LogP) is 3.14. The Kier molecular flexibility index (Phi) is 5.81. The first-order chi connectivity index (χ1) is 13.7. The smallest absolute Gasteiger partial charge is 0.368 e. The Labute approximate surface area is 165 Å². The first kappa shape index (κ1) is 20.3. The highest BCUT2D eigenvalue weighted by atomic mass is 19.4. The van der Waals surface area contributed by atoms with Gasteiger partial charge in [-0.15, -0.1) is 0 Å². The minimum atomic E-state index is -4.49. The summed E-state index contributed by atoms with van der Waals surface area (Å²) in [7, 11) is 0. The molecule has 0 saturated heterocycles. The Balaban J connectivity index is 1.58. The standard InChI is InChI=1S/C19H19F3N6O/c1-12-26-16(11-17(27-12)28-9-8-23-13(28)2)24-6-7-25-18(29)14-4-3-5-15(10-14)19(20,21)22/h3-5,8-11H,6-7H2,1-2H3,(H,25,29)(H,24,26,27). The maximum atomic E-state index is 12.8. The quantitative estimate of drug-likeness (QED) is 0.617. The van der Waals surface area contributed by atoms with Crippen molar-refractivity contribution in [1.29, 1.82) is 0 Å². The van der Waals surface area contributed by atoms with E-state index in [1.54, 1.807) is 25.4 Å². The number of anilines is 1. The average Bonchev–Trinajstić information content (AvgIpc) is 3.10. The minimum Gasteiger partial charge on any atom is -0.368 e. The first-order valence-corrected chi connectivity index (χ1v) is 8.79. The van der Waals surface area contributed by atoms with E-state index in [1.807, 2.05) is 11.5 Å². The van der Waals surface area contributed by atoms with E-state index >= 15 is 0 Å². The Morgan fingerprint density at radius 2 is 1.93 bits per heavy atom. The Hall–Kier alpha value is -3.43. The van der Waals surface area contributed by atoms with E-state index in [0.29, 0.717) is 24.0 Å². The summed E-state index contributed by atoms with van der Waals surface area (Å²) < 4.78 is 40.1. The van der Waals surface area contributed by atoms with Crippen LogP contribution in [0.1, 0.15) is 27.6 Å². The van der Waals surface area contributed by atoms with Gasteiger partial charge in [0.1, 0.15) is 23.3 Å². The lowest BCUT2D eigenvalue weighted by Crippen LogP contribution is -2.29. The highest BCUT2D eigenvalue weighted by Crippen LogP contribution is 2.29. The summed E-state index contributed by atoms with van der Waals surface area (Å²) in [6.45, 7) is 4.16. The number of amides is 1. The van der Waals surface area contributed by atoms with Crippen LogP contribution in [-0.2, 0) is 6.18 Å². The van der Waals surface area contributed by atoms with Crippen molar-refractivity contribution in [2.45, 2.75) is 20.0 Å². The van der Waals surface area contributed by atoms with E-state index in [9.17, 15) is 18.0 Å². The maximum Gasteiger partial charge on any atom is 0.416 e. The lowest BCUT2D eigenvalue weighted by Gasteiger charge is -2.11. The first-order valence-electron chi connectivity index (χ1n) is 8.79. The number of rotatable bonds is 6. The van der Waals surface area contributed by atoms with Gasteiger partial charge in [-0.2, -0.15) is 13.2 Å². The average molecular weight is 404 g/mol. The molecule has 0 aliphatic carbocycles. The molecule has 3 aromatic rings. The van der Waals surface area contributed by atoms with Crippen molar-refractivity contribution in [3.63, 3.8) is 0 Å². The third-order valence-corrected chi connectivity index (χ3v) is 4.07. The number of aromatic nitrogens is 4. The molecule has 0 radical (unpaired) electrons. The van der Waals surface area contributed by atoms with Crippen LogP contribution in [0.2, 0.25) is 0 Å². The van der Waals surface area contributed by atoms with Gasteiger partial charge in [-0.3, -0.25) is 9.36 Å². The monoisotopic (exact) mass is 404 g/mol. The van der Waals surface area contributed by atoms with Gasteiger partial charge in [0.15, 0.2) is 0 Å². The highest BCUT2D eigenvalue weighted by Gasteiger charge is 2.30. The number of halogens is 3. The van der Waals surface area contributed by atoms with Crippen LogP contribution in [-0.4, -0.2) is 38.5 Å². The summed E-state index contributed by atoms with van der Waals surface area (Å²) in [5.41, 5.74) is -0.905. The van der Waals surface area contributed by atoms with Crippen LogP contribution in [0.25, 0.3) is 5.82 Å². The molecule has 2 aromatic heterocycles. The summed E-state index contributed by atoms with van der Waals surface area (Å²) in [4.78, 5) is 24.9. The Bertz CT molecular complexity index is 1020. The molecule has 7 nitrogen and oxygen atoms in total. The second-order valence-corrected chi connectivity index (χ2v) is 6.26. The van der Waals surface area contributed by atoms with E-state index in [1.165, 1.54) is 12.1 Å². The fourth-order valence-electron chi connectivity index (χ4n) is 2.69. The third kappa shape index (κ3) is 5.09. The van der Waals surface area contributed by atoms with E-state index in [0.717, 1.165) is 18.0 Å². The van der Waals surface area contributed by atoms with Crippen molar-refractivity contribution in [1.82, 2.24) is 24.8 Å². The molecule has 2 heterocycles. The van der Waals surface area contributed by atoms with E-state index in [2.05, 4.69) is 25.6 Å². The van der Waals surface area contributed by atoms with Crippen LogP contribution < -0.4 is 10.6 Å². The molecule has 29 heavy (non-hydrogen) atoms. The van der Waals surface area contributed by atoms with Gasteiger partial charge in [-0.1, -0.05) is 6.07 Å². The van der Waals surface area contributed by atoms with Gasteiger partial charge in [-0.05, 0) is 32.0 Å². The molecule has 0 bridgehead atoms. The molecule has 10 heteroatoms. The van der Waals surface area contributed by atoms with Crippen molar-refractivity contribution < 1.29 is 18.0 Å². The fraction of sp³-hybridized carbons (Fsp3) is 0.263. The lowest BCUT2D eigenvalue weighted by molar-refractivity contribution is -0.137. The number of nitrogens with one attached hydrogen (secondary N) is 2. The maximum absolute atomic E-state index is 12.8. The van der Waals surface area contributed by atoms with Gasteiger partial charge in [0.2, 0.25) is 0 Å². The van der Waals surface area contributed by atoms with Crippen LogP contribution in [0.3, 0.4) is 0 Å². The second kappa shape index (κ2) is 8.29. The SMILES string of the molecule is Cc1nc(NCCNC(=O)c2cccc(C(F)(F)F)c2)cc(-n2ccnc2C)n1. The molecule has 0 saturated carbocycles. The molecule has 152 valence electrons. The number of aryl methyl sites for hydroxylation is 2. The molecular formula is C19H19F3N6O. The number of carbonyl (C=O) groups is 1. The molecule has 0 fully saturated rings. The summed E-state index contributed by atoms with van der Waals surface area (Å²) in [5.74, 6) is 1.98. The van der Waals surface area contributed by atoms with Crippen molar-refractivity contribution in [2.75, 3.05) is 18.4 Å². The van der Waals surface area contributed by atoms with E-state index in [-0.39, 0.29) is 12.1 Å². The summed E-state index contributed by atoms with van der Waals surface area (Å²) >= 11 is 0. The van der Waals surface area contributed by atoms with E-state index in [4.69, 9.17) is 0 Å². The summed E-state index contributed by atoms with van der Waals surface area (Å²) in [5, 5.41) is 5.66. The zero-order valence-electron chi connectivity index (χ0n) is 15.8. The van der Waals surface area contributed by atoms with Crippen molar-refractivity contribution in [2.24, 2.45) is 0 Å². The molecule has 2 N–H and O–H groups in total. The Morgan fingerprint density at radius 1 is 1.14 bits per heavy atom. The van der Waals surface area contributed by atoms with Crippen LogP contribution in [0.4, 0.5) is 19.0 Å². The molecule has 1 amide bonds. The second-order valence-electron chi connectivity index (χ2n) is 6.26. The number of alkyl halides is 3. The zero-order chi connectivity index (χ0) is 21.0. The highest BCUT2D eigenvalue weighted by molar-refractivity contribution is 5.94. The molecule has 0 atom stereocenters. The largest absolute Gasteiger partial charge is 0.416 e. The molecule has 0 aliphatic heterocycles. The fourth-order valence-corrected chi connectivity index (χ4v) is 2.69. The van der Waals surface area contributed by atoms with Gasteiger partial charge < -0.3 is 10.6 Å². The molecule has 0 unspecified atom stereocenters. The topological polar surface area (TPSA) is 84.7 Å². The molecule has 3 rings (SSSR count). The van der Waals surface area contributed by atoms with Crippen molar-refractivity contribution in [3.8, 4) is 5.82 Å². The normalized spacial score (nSPS) is 11.3. The van der Waals surface area contributed by atoms with Crippen LogP contribution in [0, 0.1) is 13.8 Å². The van der Waals surface area contributed by atoms with Gasteiger partial charge in [0.05, 0.1) is 5.56 Å². The van der Waals surface area contributed by atoms with E-state index < -0.39 is 17.6 Å². The van der Waals surface area contributed by atoms with Crippen LogP contribution in [0.5, 0.6) is 0 Å². The van der Waals surface area contributed by atoms with Gasteiger partial charge in [0, 0.05) is 37.1 Å². The van der Waals surface area contributed by atoms with Crippen molar-refractivity contribution >= 4 is 11.7 Å². The predicted molar refractivity (Wildman–Crippen MR) is 101 cm³/mol. The number of hydrogen-bond donors (Lipinski definition) is 2.